The molecule has 0 amide bonds. The number of nitrogens with one attached hydrogen (secondary N) is 1. The predicted octanol–water partition coefficient (Wildman–Crippen LogP) is -0.830. The van der Waals surface area contributed by atoms with E-state index in [1.165, 1.54) is 6.92 Å². The quantitative estimate of drug-likeness (QED) is 0.120. The van der Waals surface area contributed by atoms with Gasteiger partial charge in [-0.2, -0.15) is 13.6 Å². The molecule has 2 heterocycles. The van der Waals surface area contributed by atoms with E-state index < -0.39 is 70.7 Å². The normalized spacial score (nSPS) is 29.5. The Labute approximate surface area is 195 Å². The Bertz CT molecular complexity index is 1230. The van der Waals surface area contributed by atoms with Gasteiger partial charge in [-0.15, -0.1) is 5.92 Å². The smallest absolute Gasteiger partial charge is 0.396 e. The number of hydrogen-bond acceptors (Lipinski definition) is 11. The first-order valence-corrected chi connectivity index (χ1v) is 13.7. The summed E-state index contributed by atoms with van der Waals surface area (Å²) in [7, 11) is -16.9. The van der Waals surface area contributed by atoms with Crippen molar-refractivity contribution in [2.75, 3.05) is 6.61 Å². The second-order valence-electron chi connectivity index (χ2n) is 6.67. The van der Waals surface area contributed by atoms with Gasteiger partial charge in [0.1, 0.15) is 6.33 Å². The highest BCUT2D eigenvalue weighted by atomic mass is 35.5. The molecule has 0 radical (unpaired) electrons. The number of phosphoric acid groups is 3. The molecule has 192 valence electrons. The lowest BCUT2D eigenvalue weighted by Crippen LogP contribution is -2.44. The first-order chi connectivity index (χ1) is 15.4. The van der Waals surface area contributed by atoms with Gasteiger partial charge in [0.2, 0.25) is 0 Å². The molecule has 0 aromatic carbocycles. The summed E-state index contributed by atoms with van der Waals surface area (Å²) in [6.07, 6.45) is -3.75. The molecule has 6 N–H and O–H groups in total. The highest BCUT2D eigenvalue weighted by Gasteiger charge is 2.58. The largest absolute Gasteiger partial charge is 0.490 e. The number of nitrogens with zero attached hydrogens (tertiary/aromatic N) is 2. The molecule has 34 heavy (non-hydrogen) atoms. The maximum absolute atomic E-state index is 12.2. The van der Waals surface area contributed by atoms with E-state index in [4.69, 9.17) is 30.6 Å². The zero-order valence-corrected chi connectivity index (χ0v) is 20.6. The average molecular weight is 570 g/mol. The first kappa shape index (κ1) is 29.0. The minimum atomic E-state index is -5.78. The third kappa shape index (κ3) is 6.93. The van der Waals surface area contributed by atoms with Crippen molar-refractivity contribution < 1.29 is 56.3 Å². The van der Waals surface area contributed by atoms with E-state index in [0.717, 1.165) is 17.8 Å². The minimum absolute atomic E-state index is 0.749. The fraction of sp³-hybridized carbons (Fsp3) is 0.615. The summed E-state index contributed by atoms with van der Waals surface area (Å²) in [6, 6.07) is 0. The zero-order chi connectivity index (χ0) is 26.1. The number of alkyl halides is 1. The number of aliphatic hydroxyl groups is 1. The topological polar surface area (TPSA) is 257 Å². The van der Waals surface area contributed by atoms with Gasteiger partial charge in [-0.05, 0) is 13.8 Å². The molecule has 1 aliphatic rings. The van der Waals surface area contributed by atoms with Crippen LogP contribution in [0.15, 0.2) is 15.9 Å². The lowest BCUT2D eigenvalue weighted by Gasteiger charge is -2.28. The first-order valence-electron chi connectivity index (χ1n) is 8.83. The Kier molecular flexibility index (Phi) is 8.89. The molecule has 0 saturated carbocycles. The summed E-state index contributed by atoms with van der Waals surface area (Å²) in [5.74, 6) is 3.83. The van der Waals surface area contributed by atoms with Gasteiger partial charge in [0.05, 0.1) is 18.8 Å². The van der Waals surface area contributed by atoms with Crippen molar-refractivity contribution in [3.05, 3.63) is 27.3 Å². The maximum atomic E-state index is 12.2. The number of aliphatic hydroxyl groups excluding tert-OH is 1. The van der Waals surface area contributed by atoms with Crippen molar-refractivity contribution in [2.45, 2.75) is 37.2 Å². The zero-order valence-electron chi connectivity index (χ0n) is 17.1. The van der Waals surface area contributed by atoms with Crippen LogP contribution in [-0.4, -0.2) is 62.9 Å². The number of hydrogen-bond donors (Lipinski definition) is 6. The highest BCUT2D eigenvalue weighted by Crippen LogP contribution is 2.67. The summed E-state index contributed by atoms with van der Waals surface area (Å²) < 4.78 is 52.9. The van der Waals surface area contributed by atoms with Crippen LogP contribution < -0.4 is 11.4 Å². The van der Waals surface area contributed by atoms with Gasteiger partial charge >= 0.3 is 34.8 Å². The minimum Gasteiger partial charge on any atom is -0.396 e. The summed E-state index contributed by atoms with van der Waals surface area (Å²) in [4.78, 5) is 63.2. The van der Waals surface area contributed by atoms with Crippen LogP contribution >= 0.6 is 35.1 Å². The van der Waals surface area contributed by atoms with Crippen molar-refractivity contribution in [2.24, 2.45) is 5.92 Å². The number of phosphoric ester groups is 1. The molecule has 1 aliphatic heterocycles. The summed E-state index contributed by atoms with van der Waals surface area (Å²) in [5, 5.41) is 9.94. The maximum Gasteiger partial charge on any atom is 0.490 e. The number of H-pyrrole nitrogens is 1. The van der Waals surface area contributed by atoms with E-state index in [2.05, 4.69) is 25.4 Å². The number of aromatic nitrogens is 3. The van der Waals surface area contributed by atoms with Gasteiger partial charge in [-0.1, -0.05) is 17.5 Å². The molecule has 1 fully saturated rings. The van der Waals surface area contributed by atoms with E-state index in [1.807, 2.05) is 4.98 Å². The van der Waals surface area contributed by atoms with E-state index in [9.17, 15) is 38.2 Å². The van der Waals surface area contributed by atoms with E-state index in [-0.39, 0.29) is 0 Å². The van der Waals surface area contributed by atoms with Crippen LogP contribution in [0, 0.1) is 17.8 Å². The fourth-order valence-electron chi connectivity index (χ4n) is 3.14. The van der Waals surface area contributed by atoms with Gasteiger partial charge in [0.25, 0.3) is 0 Å². The van der Waals surface area contributed by atoms with E-state index in [1.54, 1.807) is 0 Å². The summed E-state index contributed by atoms with van der Waals surface area (Å²) in [5.41, 5.74) is -1.98. The Morgan fingerprint density at radius 3 is 2.38 bits per heavy atom. The molecule has 0 spiro atoms. The fourth-order valence-corrected chi connectivity index (χ4v) is 6.79. The Morgan fingerprint density at radius 1 is 1.26 bits per heavy atom. The van der Waals surface area contributed by atoms with Gasteiger partial charge in [0.15, 0.2) is 11.1 Å². The highest BCUT2D eigenvalue weighted by molar-refractivity contribution is 7.66. The Balaban J connectivity index is 2.38. The molecule has 1 aromatic heterocycles. The molecule has 0 bridgehead atoms. The standard InChI is InChI=1S/C13H19ClN3O14P3/c1-3-4-13(14)8(5-18)9(28-10(13)17-6-15-11(19)16-12(17)20)7(2)29-33(24,25)31-34(26,27)30-32(21,22)23/h6-10,18H,5H2,1-2H3,(H,24,25)(H,26,27)(H,16,19,20)(H2,21,22,23)/t7-,8?,9+,10?,13-/m0/s1. The van der Waals surface area contributed by atoms with Crippen LogP contribution in [0.4, 0.5) is 0 Å². The van der Waals surface area contributed by atoms with Gasteiger partial charge in [-0.3, -0.25) is 14.1 Å². The van der Waals surface area contributed by atoms with Gasteiger partial charge < -0.3 is 29.4 Å². The molecule has 1 saturated heterocycles. The van der Waals surface area contributed by atoms with E-state index in [0.29, 0.717) is 0 Å². The molecular formula is C13H19ClN3O14P3. The number of halogens is 1. The lowest BCUT2D eigenvalue weighted by atomic mass is 9.87. The number of rotatable bonds is 9. The molecule has 17 nitrogen and oxygen atoms in total. The lowest BCUT2D eigenvalue weighted by molar-refractivity contribution is -0.0670. The number of aromatic amines is 1. The molecule has 0 aliphatic carbocycles. The van der Waals surface area contributed by atoms with Crippen LogP contribution in [0.25, 0.3) is 0 Å². The third-order valence-electron chi connectivity index (χ3n) is 4.27. The van der Waals surface area contributed by atoms with Crippen molar-refractivity contribution >= 4 is 35.1 Å². The molecule has 4 unspecified atom stereocenters. The monoisotopic (exact) mass is 569 g/mol. The van der Waals surface area contributed by atoms with Crippen LogP contribution in [0.1, 0.15) is 20.1 Å². The molecule has 1 aromatic rings. The summed E-state index contributed by atoms with van der Waals surface area (Å²) >= 11 is 6.59. The molecule has 7 atom stereocenters. The van der Waals surface area contributed by atoms with Crippen LogP contribution in [-0.2, 0) is 31.6 Å². The van der Waals surface area contributed by atoms with Crippen molar-refractivity contribution in [1.29, 1.82) is 0 Å². The SMILES string of the molecule is CC#C[C@]1(Cl)C(CO)[C@@H]([C@H](C)OP(=O)(O)OP(=O)(O)OP(=O)(O)O)OC1n1cnc(=O)[nH]c1=O. The van der Waals surface area contributed by atoms with Crippen molar-refractivity contribution in [1.82, 2.24) is 14.5 Å². The second kappa shape index (κ2) is 10.4. The van der Waals surface area contributed by atoms with Crippen LogP contribution in [0.3, 0.4) is 0 Å². The van der Waals surface area contributed by atoms with Crippen LogP contribution in [0.2, 0.25) is 0 Å². The van der Waals surface area contributed by atoms with E-state index >= 15 is 0 Å². The third-order valence-corrected chi connectivity index (χ3v) is 8.76. The molecule has 21 heteroatoms. The Morgan fingerprint density at radius 2 is 1.88 bits per heavy atom. The number of ether oxygens (including phenoxy) is 1. The summed E-state index contributed by atoms with van der Waals surface area (Å²) in [6.45, 7) is 1.71. The van der Waals surface area contributed by atoms with Gasteiger partial charge in [0, 0.05) is 5.92 Å². The van der Waals surface area contributed by atoms with Crippen molar-refractivity contribution in [3.8, 4) is 11.8 Å². The van der Waals surface area contributed by atoms with Crippen LogP contribution in [0.5, 0.6) is 0 Å². The Hall–Kier alpha value is -1.21. The molecule has 2 rings (SSSR count). The second-order valence-corrected chi connectivity index (χ2v) is 11.7. The van der Waals surface area contributed by atoms with Gasteiger partial charge in [-0.25, -0.2) is 23.3 Å². The average Bonchev–Trinajstić information content (AvgIpc) is 2.90. The predicted molar refractivity (Wildman–Crippen MR) is 110 cm³/mol. The molecular weight excluding hydrogens is 551 g/mol. The van der Waals surface area contributed by atoms with Crippen molar-refractivity contribution in [3.63, 3.8) is 0 Å².